The van der Waals surface area contributed by atoms with Crippen LogP contribution < -0.4 is 35.2 Å². The van der Waals surface area contributed by atoms with Crippen molar-refractivity contribution in [1.29, 1.82) is 0 Å². The van der Waals surface area contributed by atoms with Crippen LogP contribution in [-0.2, 0) is 21.7 Å². The molecule has 0 spiro atoms. The van der Waals surface area contributed by atoms with Crippen molar-refractivity contribution in [2.75, 3.05) is 0 Å². The Kier molecular flexibility index (Phi) is 11.8. The summed E-state index contributed by atoms with van der Waals surface area (Å²) in [7, 11) is -1.74. The number of hydrogen-bond acceptors (Lipinski definition) is 0. The van der Waals surface area contributed by atoms with Crippen molar-refractivity contribution in [3.8, 4) is 0 Å². The predicted octanol–water partition coefficient (Wildman–Crippen LogP) is -0.408. The molecule has 2 aliphatic rings. The number of halogens is 2. The topological polar surface area (TPSA) is 0 Å². The smallest absolute Gasteiger partial charge is 1.00 e. The van der Waals surface area contributed by atoms with Gasteiger partial charge in [0, 0.05) is 16.1 Å². The Labute approximate surface area is 196 Å². The Balaban J connectivity index is 0.000000451. The Morgan fingerprint density at radius 3 is 1.22 bits per heavy atom. The monoisotopic (exact) mass is 472 g/mol. The maximum Gasteiger partial charge on any atom is 4.00 e. The summed E-state index contributed by atoms with van der Waals surface area (Å²) >= 11 is 0. The maximum atomic E-state index is 2.43. The number of hydrogen-bond donors (Lipinski definition) is 0. The summed E-state index contributed by atoms with van der Waals surface area (Å²) in [6, 6.07) is 23.3. The van der Waals surface area contributed by atoms with Crippen LogP contribution in [-0.4, -0.2) is 16.1 Å². The molecule has 27 heavy (non-hydrogen) atoms. The van der Waals surface area contributed by atoms with Crippen LogP contribution in [0.25, 0.3) is 0 Å². The Hall–Kier alpha value is 0.428. The molecule has 0 atom stereocenters. The predicted molar refractivity (Wildman–Crippen MR) is 114 cm³/mol. The molecule has 2 aliphatic heterocycles. The number of aryl methyl sites for hydroxylation is 2. The third-order valence-electron chi connectivity index (χ3n) is 7.02. The quantitative estimate of drug-likeness (QED) is 0.419. The van der Waals surface area contributed by atoms with E-state index in [1.165, 1.54) is 36.1 Å². The van der Waals surface area contributed by atoms with Crippen molar-refractivity contribution in [3.63, 3.8) is 0 Å². The van der Waals surface area contributed by atoms with Gasteiger partial charge in [0.05, 0.1) is 0 Å². The molecule has 0 bridgehead atoms. The second-order valence-corrected chi connectivity index (χ2v) is 18.0. The van der Waals surface area contributed by atoms with Gasteiger partial charge in [0.1, 0.15) is 0 Å². The van der Waals surface area contributed by atoms with E-state index < -0.39 is 16.1 Å². The average Bonchev–Trinajstić information content (AvgIpc) is 3.09. The molecule has 0 nitrogen and oxygen atoms in total. The fourth-order valence-corrected chi connectivity index (χ4v) is 12.4. The normalized spacial score (nSPS) is 18.2. The van der Waals surface area contributed by atoms with Gasteiger partial charge < -0.3 is 24.8 Å². The molecule has 0 aliphatic carbocycles. The molecule has 0 aromatic heterocycles. The molecule has 0 saturated carbocycles. The molecule has 0 unspecified atom stereocenters. The SMILES string of the molecule is CC[Si]1(c2cc[c-](C)c2)CCC1.CC[Si]1(c2cc[c-](C)c2)CCC1.[Cl-].[Cl-].[Ti+4]. The summed E-state index contributed by atoms with van der Waals surface area (Å²) in [6.45, 7) is 9.18. The molecule has 0 N–H and O–H groups in total. The second kappa shape index (κ2) is 11.6. The first kappa shape index (κ1) is 27.4. The number of rotatable bonds is 4. The van der Waals surface area contributed by atoms with Gasteiger partial charge in [0.15, 0.2) is 0 Å². The standard InChI is InChI=1S/2C11H17Si.2ClH.Ti/c2*1-3-12(7-4-8-12)11-6-5-10(2)9-11;;;/h2*5-6,9H,3-4,7-8H2,1-2H3;2*1H;/q2*-1;;;+4/p-2. The van der Waals surface area contributed by atoms with E-state index in [9.17, 15) is 0 Å². The van der Waals surface area contributed by atoms with Crippen LogP contribution in [0.3, 0.4) is 0 Å². The summed E-state index contributed by atoms with van der Waals surface area (Å²) in [6.07, 6.45) is 2.98. The van der Waals surface area contributed by atoms with Gasteiger partial charge in [-0.3, -0.25) is 0 Å². The maximum absolute atomic E-state index is 2.43. The molecule has 2 heterocycles. The zero-order chi connectivity index (χ0) is 17.2. The minimum Gasteiger partial charge on any atom is -1.00 e. The molecule has 4 rings (SSSR count). The van der Waals surface area contributed by atoms with Crippen molar-refractivity contribution in [2.24, 2.45) is 0 Å². The van der Waals surface area contributed by atoms with Crippen molar-refractivity contribution in [2.45, 2.75) is 76.8 Å². The molecular weight excluding hydrogens is 439 g/mol. The van der Waals surface area contributed by atoms with Crippen molar-refractivity contribution >= 4 is 26.5 Å². The van der Waals surface area contributed by atoms with E-state index in [4.69, 9.17) is 0 Å². The third-order valence-corrected chi connectivity index (χ3v) is 18.0. The summed E-state index contributed by atoms with van der Waals surface area (Å²) in [5, 5.41) is 3.46. The van der Waals surface area contributed by atoms with E-state index in [1.54, 1.807) is 34.5 Å². The van der Waals surface area contributed by atoms with Gasteiger partial charge in [0.2, 0.25) is 0 Å². The molecule has 2 aromatic carbocycles. The second-order valence-electron chi connectivity index (χ2n) is 8.33. The van der Waals surface area contributed by atoms with Gasteiger partial charge in [-0.05, 0) is 0 Å². The van der Waals surface area contributed by atoms with Gasteiger partial charge in [-0.25, -0.2) is 22.5 Å². The largest absolute Gasteiger partial charge is 4.00 e. The van der Waals surface area contributed by atoms with Crippen LogP contribution in [0.15, 0.2) is 36.4 Å². The van der Waals surface area contributed by atoms with Crippen molar-refractivity contribution < 1.29 is 46.5 Å². The summed E-state index contributed by atoms with van der Waals surface area (Å²) in [4.78, 5) is 0. The molecule has 0 radical (unpaired) electrons. The van der Waals surface area contributed by atoms with Crippen LogP contribution in [0.1, 0.15) is 37.8 Å². The summed E-state index contributed by atoms with van der Waals surface area (Å²) in [5.41, 5.74) is 2.91. The van der Waals surface area contributed by atoms with Gasteiger partial charge in [0.25, 0.3) is 0 Å². The van der Waals surface area contributed by atoms with E-state index in [-0.39, 0.29) is 46.5 Å². The Morgan fingerprint density at radius 1 is 0.741 bits per heavy atom. The minimum absolute atomic E-state index is 0. The minimum atomic E-state index is -0.872. The molecule has 2 aromatic rings. The molecule has 2 fully saturated rings. The Bertz CT molecular complexity index is 600. The molecule has 5 heteroatoms. The fraction of sp³-hybridized carbons (Fsp3) is 0.545. The molecular formula is C22H34Cl2Si2Ti. The molecule has 2 saturated heterocycles. The van der Waals surface area contributed by atoms with E-state index >= 15 is 0 Å². The van der Waals surface area contributed by atoms with E-state index in [2.05, 4.69) is 64.1 Å². The summed E-state index contributed by atoms with van der Waals surface area (Å²) < 4.78 is 0. The van der Waals surface area contributed by atoms with E-state index in [1.807, 2.05) is 0 Å². The molecule has 148 valence electrons. The van der Waals surface area contributed by atoms with E-state index in [0.717, 1.165) is 0 Å². The van der Waals surface area contributed by atoms with Gasteiger partial charge in [-0.2, -0.15) is 35.4 Å². The average molecular weight is 473 g/mol. The van der Waals surface area contributed by atoms with Gasteiger partial charge in [-0.15, -0.1) is 0 Å². The first-order valence-electron chi connectivity index (χ1n) is 10.0. The molecule has 0 amide bonds. The van der Waals surface area contributed by atoms with Crippen LogP contribution >= 0.6 is 0 Å². The van der Waals surface area contributed by atoms with Crippen LogP contribution in [0, 0.1) is 13.8 Å². The first-order valence-corrected chi connectivity index (χ1v) is 15.3. The van der Waals surface area contributed by atoms with Gasteiger partial charge >= 0.3 is 21.7 Å². The summed E-state index contributed by atoms with van der Waals surface area (Å²) in [5.74, 6) is 0. The van der Waals surface area contributed by atoms with Crippen molar-refractivity contribution in [3.05, 3.63) is 47.5 Å². The first-order chi connectivity index (χ1) is 11.5. The zero-order valence-electron chi connectivity index (χ0n) is 17.4. The Morgan fingerprint density at radius 2 is 1.07 bits per heavy atom. The fourth-order valence-electron chi connectivity index (χ4n) is 4.69. The van der Waals surface area contributed by atoms with Crippen LogP contribution in [0.4, 0.5) is 0 Å². The van der Waals surface area contributed by atoms with Gasteiger partial charge in [-0.1, -0.05) is 76.8 Å². The zero-order valence-corrected chi connectivity index (χ0v) is 22.5. The van der Waals surface area contributed by atoms with Crippen LogP contribution in [0.5, 0.6) is 0 Å². The van der Waals surface area contributed by atoms with Crippen molar-refractivity contribution in [1.82, 2.24) is 0 Å². The van der Waals surface area contributed by atoms with Crippen LogP contribution in [0.2, 0.25) is 36.3 Å². The van der Waals surface area contributed by atoms with E-state index in [0.29, 0.717) is 0 Å². The third kappa shape index (κ3) is 5.74.